The van der Waals surface area contributed by atoms with Gasteiger partial charge in [0.1, 0.15) is 6.04 Å². The molecule has 1 unspecified atom stereocenters. The third kappa shape index (κ3) is 5.13. The van der Waals surface area contributed by atoms with E-state index in [1.807, 2.05) is 43.4 Å². The van der Waals surface area contributed by atoms with E-state index < -0.39 is 6.04 Å². The van der Waals surface area contributed by atoms with Gasteiger partial charge in [0.05, 0.1) is 0 Å². The first-order chi connectivity index (χ1) is 11.7. The Balaban J connectivity index is 0.00000169. The second-order valence-electron chi connectivity index (χ2n) is 6.41. The molecule has 2 aromatic carbocycles. The molecule has 0 bridgehead atoms. The molecule has 1 heterocycles. The second-order valence-corrected chi connectivity index (χ2v) is 6.41. The molecule has 0 spiro atoms. The summed E-state index contributed by atoms with van der Waals surface area (Å²) >= 11 is 0. The third-order valence-electron chi connectivity index (χ3n) is 4.65. The van der Waals surface area contributed by atoms with Crippen molar-refractivity contribution in [2.45, 2.75) is 25.4 Å². The van der Waals surface area contributed by atoms with E-state index in [4.69, 9.17) is 5.73 Å². The summed E-state index contributed by atoms with van der Waals surface area (Å²) < 4.78 is 0. The Kier molecular flexibility index (Phi) is 8.93. The minimum absolute atomic E-state index is 0. The molecule has 1 fully saturated rings. The lowest BCUT2D eigenvalue weighted by atomic mass is 10.1. The van der Waals surface area contributed by atoms with Crippen molar-refractivity contribution in [3.05, 3.63) is 65.7 Å². The van der Waals surface area contributed by atoms with Crippen LogP contribution in [0.4, 0.5) is 5.69 Å². The van der Waals surface area contributed by atoms with Gasteiger partial charge in [0.25, 0.3) is 0 Å². The van der Waals surface area contributed by atoms with Crippen molar-refractivity contribution in [3.63, 3.8) is 0 Å². The van der Waals surface area contributed by atoms with Gasteiger partial charge < -0.3 is 15.5 Å². The monoisotopic (exact) mass is 395 g/mol. The van der Waals surface area contributed by atoms with Gasteiger partial charge in [-0.3, -0.25) is 4.79 Å². The Morgan fingerprint density at radius 3 is 2.27 bits per heavy atom. The number of carbonyl (C=O) groups excluding carboxylic acids is 1. The van der Waals surface area contributed by atoms with Crippen LogP contribution < -0.4 is 10.6 Å². The number of benzene rings is 2. The SMILES string of the molecule is CN(Cc1ccccc1N1CCCC1)C(=O)C(N)c1ccccc1.Cl.Cl. The van der Waals surface area contributed by atoms with Gasteiger partial charge in [-0.25, -0.2) is 0 Å². The molecule has 1 saturated heterocycles. The predicted molar refractivity (Wildman–Crippen MR) is 112 cm³/mol. The summed E-state index contributed by atoms with van der Waals surface area (Å²) in [5.41, 5.74) is 9.42. The molecule has 0 aliphatic carbocycles. The maximum atomic E-state index is 12.7. The summed E-state index contributed by atoms with van der Waals surface area (Å²) in [5.74, 6) is -0.0579. The van der Waals surface area contributed by atoms with E-state index in [1.165, 1.54) is 24.1 Å². The number of hydrogen-bond donors (Lipinski definition) is 1. The molecule has 2 N–H and O–H groups in total. The second kappa shape index (κ2) is 10.4. The summed E-state index contributed by atoms with van der Waals surface area (Å²) in [6.07, 6.45) is 2.48. The van der Waals surface area contributed by atoms with Gasteiger partial charge in [0.15, 0.2) is 0 Å². The first-order valence-corrected chi connectivity index (χ1v) is 8.55. The molecule has 3 rings (SSSR count). The number of carbonyl (C=O) groups is 1. The van der Waals surface area contributed by atoms with Crippen molar-refractivity contribution in [2.24, 2.45) is 5.73 Å². The number of nitrogens with zero attached hydrogens (tertiary/aromatic N) is 2. The van der Waals surface area contributed by atoms with Crippen molar-refractivity contribution >= 4 is 36.4 Å². The molecule has 1 aliphatic heterocycles. The highest BCUT2D eigenvalue weighted by Crippen LogP contribution is 2.26. The smallest absolute Gasteiger partial charge is 0.244 e. The van der Waals surface area contributed by atoms with Crippen LogP contribution >= 0.6 is 24.8 Å². The lowest BCUT2D eigenvalue weighted by Gasteiger charge is -2.26. The molecule has 0 radical (unpaired) electrons. The number of likely N-dealkylation sites (N-methyl/N-ethyl adjacent to an activating group) is 1. The quantitative estimate of drug-likeness (QED) is 0.837. The zero-order valence-electron chi connectivity index (χ0n) is 15.0. The van der Waals surface area contributed by atoms with Crippen LogP contribution in [-0.2, 0) is 11.3 Å². The van der Waals surface area contributed by atoms with E-state index in [0.29, 0.717) is 6.54 Å². The Hall–Kier alpha value is -1.75. The predicted octanol–water partition coefficient (Wildman–Crippen LogP) is 3.79. The lowest BCUT2D eigenvalue weighted by Crippen LogP contribution is -2.35. The van der Waals surface area contributed by atoms with Crippen molar-refractivity contribution in [2.75, 3.05) is 25.0 Å². The number of hydrogen-bond acceptors (Lipinski definition) is 3. The number of halogens is 2. The van der Waals surface area contributed by atoms with Crippen molar-refractivity contribution in [3.8, 4) is 0 Å². The van der Waals surface area contributed by atoms with Gasteiger partial charge in [-0.1, -0.05) is 48.5 Å². The van der Waals surface area contributed by atoms with E-state index >= 15 is 0 Å². The molecule has 1 amide bonds. The van der Waals surface area contributed by atoms with Gasteiger partial charge in [0.2, 0.25) is 5.91 Å². The highest BCUT2D eigenvalue weighted by atomic mass is 35.5. The van der Waals surface area contributed by atoms with E-state index in [-0.39, 0.29) is 30.7 Å². The average Bonchev–Trinajstić information content (AvgIpc) is 3.16. The number of rotatable bonds is 5. The zero-order chi connectivity index (χ0) is 16.9. The maximum Gasteiger partial charge on any atom is 0.244 e. The topological polar surface area (TPSA) is 49.6 Å². The minimum Gasteiger partial charge on any atom is -0.371 e. The summed E-state index contributed by atoms with van der Waals surface area (Å²) in [6.45, 7) is 2.77. The fraction of sp³-hybridized carbons (Fsp3) is 0.350. The molecule has 4 nitrogen and oxygen atoms in total. The van der Waals surface area contributed by atoms with Crippen molar-refractivity contribution in [1.82, 2.24) is 4.90 Å². The standard InChI is InChI=1S/C20H25N3O.2ClH/c1-22(20(24)19(21)16-9-3-2-4-10-16)15-17-11-5-6-12-18(17)23-13-7-8-14-23;;/h2-6,9-12,19H,7-8,13-15,21H2,1H3;2*1H. The molecule has 0 aromatic heterocycles. The molecule has 142 valence electrons. The summed E-state index contributed by atoms with van der Waals surface area (Å²) in [4.78, 5) is 16.8. The van der Waals surface area contributed by atoms with Crippen LogP contribution in [0.2, 0.25) is 0 Å². The van der Waals surface area contributed by atoms with Crippen LogP contribution in [0, 0.1) is 0 Å². The Morgan fingerprint density at radius 2 is 1.62 bits per heavy atom. The molecular weight excluding hydrogens is 369 g/mol. The van der Waals surface area contributed by atoms with Gasteiger partial charge in [0, 0.05) is 32.4 Å². The van der Waals surface area contributed by atoms with Crippen LogP contribution in [-0.4, -0.2) is 30.9 Å². The Morgan fingerprint density at radius 1 is 1.04 bits per heavy atom. The average molecular weight is 396 g/mol. The Labute approximate surface area is 168 Å². The van der Waals surface area contributed by atoms with E-state index in [1.54, 1.807) is 4.90 Å². The minimum atomic E-state index is -0.616. The number of nitrogens with two attached hydrogens (primary N) is 1. The largest absolute Gasteiger partial charge is 0.371 e. The summed E-state index contributed by atoms with van der Waals surface area (Å²) in [5, 5.41) is 0. The fourth-order valence-electron chi connectivity index (χ4n) is 3.28. The molecule has 1 atom stereocenters. The third-order valence-corrected chi connectivity index (χ3v) is 4.65. The number of anilines is 1. The molecule has 1 aliphatic rings. The normalized spacial score (nSPS) is 14.2. The Bertz CT molecular complexity index is 690. The van der Waals surface area contributed by atoms with Gasteiger partial charge in [-0.15, -0.1) is 24.8 Å². The molecule has 2 aromatic rings. The first-order valence-electron chi connectivity index (χ1n) is 8.55. The lowest BCUT2D eigenvalue weighted by molar-refractivity contribution is -0.131. The van der Waals surface area contributed by atoms with Gasteiger partial charge in [-0.2, -0.15) is 0 Å². The van der Waals surface area contributed by atoms with E-state index in [0.717, 1.165) is 18.7 Å². The summed E-state index contributed by atoms with van der Waals surface area (Å²) in [6, 6.07) is 17.3. The van der Waals surface area contributed by atoms with Crippen LogP contribution in [0.25, 0.3) is 0 Å². The van der Waals surface area contributed by atoms with E-state index in [2.05, 4.69) is 23.1 Å². The first kappa shape index (κ1) is 22.3. The highest BCUT2D eigenvalue weighted by Gasteiger charge is 2.22. The molecule has 0 saturated carbocycles. The fourth-order valence-corrected chi connectivity index (χ4v) is 3.28. The van der Waals surface area contributed by atoms with Crippen molar-refractivity contribution in [1.29, 1.82) is 0 Å². The molecule has 26 heavy (non-hydrogen) atoms. The van der Waals surface area contributed by atoms with E-state index in [9.17, 15) is 4.79 Å². The maximum absolute atomic E-state index is 12.7. The van der Waals surface area contributed by atoms with Crippen molar-refractivity contribution < 1.29 is 4.79 Å². The summed E-state index contributed by atoms with van der Waals surface area (Å²) in [7, 11) is 1.83. The van der Waals surface area contributed by atoms with Gasteiger partial charge >= 0.3 is 0 Å². The molecule has 6 heteroatoms. The van der Waals surface area contributed by atoms with Crippen LogP contribution in [0.3, 0.4) is 0 Å². The van der Waals surface area contributed by atoms with Gasteiger partial charge in [-0.05, 0) is 30.0 Å². The van der Waals surface area contributed by atoms with Crippen LogP contribution in [0.15, 0.2) is 54.6 Å². The highest BCUT2D eigenvalue weighted by molar-refractivity contribution is 5.85. The molecular formula is C20H27Cl2N3O. The van der Waals surface area contributed by atoms with Crippen LogP contribution in [0.5, 0.6) is 0 Å². The zero-order valence-corrected chi connectivity index (χ0v) is 16.6. The number of para-hydroxylation sites is 1. The number of amides is 1. The van der Waals surface area contributed by atoms with Crippen LogP contribution in [0.1, 0.15) is 30.0 Å².